The van der Waals surface area contributed by atoms with Gasteiger partial charge in [-0.2, -0.15) is 0 Å². The van der Waals surface area contributed by atoms with Crippen LogP contribution in [0.2, 0.25) is 0 Å². The van der Waals surface area contributed by atoms with Crippen molar-refractivity contribution in [2.45, 2.75) is 38.3 Å². The molecule has 1 fully saturated rings. The molecule has 0 aliphatic carbocycles. The molecule has 3 heterocycles. The van der Waals surface area contributed by atoms with Crippen molar-refractivity contribution in [3.8, 4) is 5.75 Å². The first-order valence-electron chi connectivity index (χ1n) is 9.67. The molecule has 0 radical (unpaired) electrons. The van der Waals surface area contributed by atoms with E-state index in [1.54, 1.807) is 37.0 Å². The van der Waals surface area contributed by atoms with Gasteiger partial charge in [-0.1, -0.05) is 0 Å². The molecular formula is C21H26ClFN4OS. The first-order valence-corrected chi connectivity index (χ1v) is 10.5. The Morgan fingerprint density at radius 3 is 3.07 bits per heavy atom. The van der Waals surface area contributed by atoms with Crippen molar-refractivity contribution >= 4 is 39.6 Å². The van der Waals surface area contributed by atoms with E-state index in [4.69, 9.17) is 4.74 Å². The second kappa shape index (κ2) is 9.69. The summed E-state index contributed by atoms with van der Waals surface area (Å²) in [5.41, 5.74) is 1.24. The largest absolute Gasteiger partial charge is 0.491 e. The molecular weight excluding hydrogens is 411 g/mol. The Bertz CT molecular complexity index is 953. The van der Waals surface area contributed by atoms with Crippen LogP contribution in [0.25, 0.3) is 10.1 Å². The molecule has 2 atom stereocenters. The monoisotopic (exact) mass is 436 g/mol. The summed E-state index contributed by atoms with van der Waals surface area (Å²) in [6, 6.07) is 5.73. The number of benzene rings is 1. The number of thiophene rings is 1. The van der Waals surface area contributed by atoms with Crippen LogP contribution in [0.5, 0.6) is 5.75 Å². The zero-order valence-electron chi connectivity index (χ0n) is 16.6. The molecule has 1 N–H and O–H groups in total. The Hall–Kier alpha value is -1.96. The van der Waals surface area contributed by atoms with E-state index >= 15 is 0 Å². The second-order valence-electron chi connectivity index (χ2n) is 7.21. The topological polar surface area (TPSA) is 50.3 Å². The summed E-state index contributed by atoms with van der Waals surface area (Å²) in [6.45, 7) is 4.02. The minimum Gasteiger partial charge on any atom is -0.491 e. The fourth-order valence-electron chi connectivity index (χ4n) is 4.07. The number of nitrogens with zero attached hydrogens (tertiary/aromatic N) is 3. The predicted molar refractivity (Wildman–Crippen MR) is 119 cm³/mol. The average Bonchev–Trinajstić information content (AvgIpc) is 3.11. The number of anilines is 1. The number of halogens is 2. The number of piperazine rings is 1. The van der Waals surface area contributed by atoms with E-state index in [-0.39, 0.29) is 18.2 Å². The number of aryl methyl sites for hydroxylation is 1. The number of methoxy groups -OCH3 is 1. The lowest BCUT2D eigenvalue weighted by molar-refractivity contribution is 0.352. The fourth-order valence-corrected chi connectivity index (χ4v) is 5.05. The number of ether oxygens (including phenoxy) is 1. The van der Waals surface area contributed by atoms with Gasteiger partial charge < -0.3 is 15.0 Å². The average molecular weight is 437 g/mol. The van der Waals surface area contributed by atoms with Crippen molar-refractivity contribution in [2.75, 3.05) is 25.1 Å². The highest BCUT2D eigenvalue weighted by molar-refractivity contribution is 7.17. The third-order valence-corrected chi connectivity index (χ3v) is 6.52. The van der Waals surface area contributed by atoms with Crippen LogP contribution in [0.1, 0.15) is 25.3 Å². The Labute approximate surface area is 180 Å². The summed E-state index contributed by atoms with van der Waals surface area (Å²) in [5, 5.41) is 6.79. The SMILES string of the molecule is COc1cncnc1N1CCNC(C)C1CCCc1csc2ccc(F)cc12.Cl. The number of hydrogen-bond donors (Lipinski definition) is 1. The van der Waals surface area contributed by atoms with Gasteiger partial charge in [0.2, 0.25) is 0 Å². The van der Waals surface area contributed by atoms with Crippen molar-refractivity contribution in [1.82, 2.24) is 15.3 Å². The van der Waals surface area contributed by atoms with Crippen LogP contribution in [-0.4, -0.2) is 42.3 Å². The highest BCUT2D eigenvalue weighted by atomic mass is 35.5. The minimum absolute atomic E-state index is 0. The first kappa shape index (κ1) is 21.7. The third-order valence-electron chi connectivity index (χ3n) is 5.51. The molecule has 2 aromatic heterocycles. The van der Waals surface area contributed by atoms with E-state index in [2.05, 4.69) is 32.5 Å². The molecule has 29 heavy (non-hydrogen) atoms. The molecule has 0 spiro atoms. The van der Waals surface area contributed by atoms with Crippen LogP contribution in [0, 0.1) is 5.82 Å². The smallest absolute Gasteiger partial charge is 0.179 e. The van der Waals surface area contributed by atoms with Crippen LogP contribution in [0.3, 0.4) is 0 Å². The summed E-state index contributed by atoms with van der Waals surface area (Å²) in [6.07, 6.45) is 6.30. The standard InChI is InChI=1S/C21H25FN4OS.ClH/c1-14-18(26(9-8-24-14)21-19(27-2)11-23-13-25-21)5-3-4-15-12-28-20-7-6-16(22)10-17(15)20;/h6-7,10-14,18,24H,3-5,8-9H2,1-2H3;1H. The molecule has 4 rings (SSSR count). The van der Waals surface area contributed by atoms with E-state index in [1.807, 2.05) is 6.07 Å². The van der Waals surface area contributed by atoms with E-state index in [9.17, 15) is 4.39 Å². The fraction of sp³-hybridized carbons (Fsp3) is 0.429. The van der Waals surface area contributed by atoms with Gasteiger partial charge in [-0.3, -0.25) is 0 Å². The summed E-state index contributed by atoms with van der Waals surface area (Å²) >= 11 is 1.69. The lowest BCUT2D eigenvalue weighted by Gasteiger charge is -2.41. The quantitative estimate of drug-likeness (QED) is 0.618. The molecule has 0 amide bonds. The number of aromatic nitrogens is 2. The molecule has 0 bridgehead atoms. The molecule has 1 aliphatic rings. The van der Waals surface area contributed by atoms with Gasteiger partial charge in [0.05, 0.1) is 13.3 Å². The number of rotatable bonds is 6. The summed E-state index contributed by atoms with van der Waals surface area (Å²) in [5.74, 6) is 1.40. The van der Waals surface area contributed by atoms with Gasteiger partial charge in [-0.25, -0.2) is 14.4 Å². The van der Waals surface area contributed by atoms with Gasteiger partial charge in [-0.15, -0.1) is 23.7 Å². The number of hydrogen-bond acceptors (Lipinski definition) is 6. The maximum atomic E-state index is 13.6. The lowest BCUT2D eigenvalue weighted by Crippen LogP contribution is -2.57. The third kappa shape index (κ3) is 4.63. The van der Waals surface area contributed by atoms with Crippen molar-refractivity contribution in [3.05, 3.63) is 47.5 Å². The molecule has 1 saturated heterocycles. The number of fused-ring (bicyclic) bond motifs is 1. The van der Waals surface area contributed by atoms with Crippen molar-refractivity contribution in [3.63, 3.8) is 0 Å². The summed E-state index contributed by atoms with van der Waals surface area (Å²) in [4.78, 5) is 10.9. The van der Waals surface area contributed by atoms with Crippen LogP contribution in [-0.2, 0) is 6.42 Å². The zero-order valence-corrected chi connectivity index (χ0v) is 18.2. The second-order valence-corrected chi connectivity index (χ2v) is 8.12. The predicted octanol–water partition coefficient (Wildman–Crippen LogP) is 4.45. The van der Waals surface area contributed by atoms with Gasteiger partial charge >= 0.3 is 0 Å². The normalized spacial score (nSPS) is 19.2. The Morgan fingerprint density at radius 1 is 1.38 bits per heavy atom. The Balaban J connectivity index is 0.00000240. The highest BCUT2D eigenvalue weighted by Gasteiger charge is 2.30. The molecule has 3 aromatic rings. The summed E-state index contributed by atoms with van der Waals surface area (Å²) < 4.78 is 20.3. The van der Waals surface area contributed by atoms with Gasteiger partial charge in [0.15, 0.2) is 11.6 Å². The molecule has 1 aromatic carbocycles. The van der Waals surface area contributed by atoms with Gasteiger partial charge in [0, 0.05) is 29.9 Å². The highest BCUT2D eigenvalue weighted by Crippen LogP contribution is 2.31. The Morgan fingerprint density at radius 2 is 2.24 bits per heavy atom. The van der Waals surface area contributed by atoms with Crippen molar-refractivity contribution in [1.29, 1.82) is 0 Å². The number of nitrogens with one attached hydrogen (secondary N) is 1. The Kier molecular flexibility index (Phi) is 7.27. The molecule has 1 aliphatic heterocycles. The van der Waals surface area contributed by atoms with Crippen LogP contribution >= 0.6 is 23.7 Å². The van der Waals surface area contributed by atoms with Crippen molar-refractivity contribution < 1.29 is 9.13 Å². The van der Waals surface area contributed by atoms with Gasteiger partial charge in [-0.05, 0) is 60.7 Å². The molecule has 8 heteroatoms. The van der Waals surface area contributed by atoms with Crippen molar-refractivity contribution in [2.24, 2.45) is 0 Å². The molecule has 2 unspecified atom stereocenters. The minimum atomic E-state index is -0.167. The van der Waals surface area contributed by atoms with Crippen LogP contribution < -0.4 is 15.0 Å². The van der Waals surface area contributed by atoms with Gasteiger partial charge in [0.25, 0.3) is 0 Å². The van der Waals surface area contributed by atoms with Crippen LogP contribution in [0.15, 0.2) is 36.1 Å². The molecule has 156 valence electrons. The zero-order chi connectivity index (χ0) is 19.5. The molecule has 0 saturated carbocycles. The maximum Gasteiger partial charge on any atom is 0.179 e. The summed E-state index contributed by atoms with van der Waals surface area (Å²) in [7, 11) is 1.66. The first-order chi connectivity index (χ1) is 13.7. The maximum absolute atomic E-state index is 13.6. The van der Waals surface area contributed by atoms with Crippen LogP contribution in [0.4, 0.5) is 10.2 Å². The van der Waals surface area contributed by atoms with E-state index < -0.39 is 0 Å². The van der Waals surface area contributed by atoms with E-state index in [0.29, 0.717) is 17.8 Å². The van der Waals surface area contributed by atoms with E-state index in [1.165, 1.54) is 11.6 Å². The lowest BCUT2D eigenvalue weighted by atomic mass is 9.97. The van der Waals surface area contributed by atoms with E-state index in [0.717, 1.165) is 48.3 Å². The van der Waals surface area contributed by atoms with Gasteiger partial charge in [0.1, 0.15) is 12.1 Å². The molecule has 5 nitrogen and oxygen atoms in total.